The number of hydrogen-bond donors (Lipinski definition) is 1. The molecule has 1 spiro atoms. The van der Waals surface area contributed by atoms with Gasteiger partial charge in [-0.2, -0.15) is 0 Å². The molecular weight excluding hydrogens is 386 g/mol. The van der Waals surface area contributed by atoms with Gasteiger partial charge in [-0.3, -0.25) is 4.79 Å². The number of halogens is 3. The maximum Gasteiger partial charge on any atom is 0.407 e. The molecule has 0 aromatic heterocycles. The summed E-state index contributed by atoms with van der Waals surface area (Å²) in [6, 6.07) is 2.96. The fraction of sp³-hybridized carbons (Fsp3) is 0.529. The molecule has 3 fully saturated rings. The first-order valence-corrected chi connectivity index (χ1v) is 9.09. The van der Waals surface area contributed by atoms with Crippen LogP contribution < -0.4 is 5.32 Å². The Labute approximate surface area is 159 Å². The van der Waals surface area contributed by atoms with Crippen LogP contribution in [0.2, 0.25) is 10.0 Å². The summed E-state index contributed by atoms with van der Waals surface area (Å²) in [5, 5.41) is 2.70. The molecule has 3 aliphatic rings. The van der Waals surface area contributed by atoms with Crippen molar-refractivity contribution in [2.75, 3.05) is 19.7 Å². The third-order valence-corrected chi connectivity index (χ3v) is 5.71. The van der Waals surface area contributed by atoms with Crippen molar-refractivity contribution < 1.29 is 23.5 Å². The maximum absolute atomic E-state index is 13.4. The Morgan fingerprint density at radius 1 is 1.35 bits per heavy atom. The van der Waals surface area contributed by atoms with Gasteiger partial charge in [0.25, 0.3) is 0 Å². The van der Waals surface area contributed by atoms with E-state index in [1.54, 1.807) is 4.90 Å². The van der Waals surface area contributed by atoms with Crippen molar-refractivity contribution in [1.29, 1.82) is 0 Å². The lowest BCUT2D eigenvalue weighted by Gasteiger charge is -2.47. The van der Waals surface area contributed by atoms with Gasteiger partial charge < -0.3 is 19.7 Å². The predicted molar refractivity (Wildman–Crippen MR) is 91.5 cm³/mol. The second-order valence-corrected chi connectivity index (χ2v) is 7.95. The van der Waals surface area contributed by atoms with Crippen molar-refractivity contribution >= 4 is 35.2 Å². The molecule has 0 radical (unpaired) electrons. The fourth-order valence-corrected chi connectivity index (χ4v) is 4.19. The molecule has 1 saturated carbocycles. The third kappa shape index (κ3) is 3.23. The molecule has 9 heteroatoms. The first kappa shape index (κ1) is 17.8. The molecule has 0 bridgehead atoms. The number of hydrogen-bond acceptors (Lipinski definition) is 4. The van der Waals surface area contributed by atoms with Crippen molar-refractivity contribution in [3.8, 4) is 0 Å². The molecule has 2 amide bonds. The number of cyclic esters (lactones) is 1. The normalized spacial score (nSPS) is 27.7. The van der Waals surface area contributed by atoms with Crippen molar-refractivity contribution in [3.05, 3.63) is 33.6 Å². The molecule has 0 unspecified atom stereocenters. The molecule has 140 valence electrons. The summed E-state index contributed by atoms with van der Waals surface area (Å²) in [4.78, 5) is 25.3. The highest BCUT2D eigenvalue weighted by atomic mass is 35.5. The molecule has 2 saturated heterocycles. The first-order chi connectivity index (χ1) is 12.3. The standard InChI is InChI=1S/C17H17Cl2FN2O4/c18-12-1-9(2-13(19)14(12)20)7-25-11-5-22(6-11)15(23)10-3-17(4-10)8-26-16(24)21-17/h1-2,10-11H,3-8H2,(H,21,24)/t10-,17-. The molecular formula is C17H17Cl2FN2O4. The SMILES string of the molecule is O=C1N[C@]2(CO1)C[C@@H](C(=O)N1CC(OCc3cc(Cl)c(F)c(Cl)c3)C1)C2. The summed E-state index contributed by atoms with van der Waals surface area (Å²) in [6.45, 7) is 1.63. The zero-order valence-corrected chi connectivity index (χ0v) is 15.3. The predicted octanol–water partition coefficient (Wildman–Crippen LogP) is 2.75. The van der Waals surface area contributed by atoms with Crippen molar-refractivity contribution in [2.24, 2.45) is 5.92 Å². The van der Waals surface area contributed by atoms with E-state index in [-0.39, 0.29) is 40.1 Å². The van der Waals surface area contributed by atoms with Gasteiger partial charge in [0, 0.05) is 19.0 Å². The zero-order valence-electron chi connectivity index (χ0n) is 13.8. The summed E-state index contributed by atoms with van der Waals surface area (Å²) < 4.78 is 24.0. The lowest BCUT2D eigenvalue weighted by Crippen LogP contribution is -2.62. The van der Waals surface area contributed by atoms with Crippen LogP contribution in [0.1, 0.15) is 18.4 Å². The number of amides is 2. The Hall–Kier alpha value is -1.57. The van der Waals surface area contributed by atoms with Crippen LogP contribution in [0.5, 0.6) is 0 Å². The van der Waals surface area contributed by atoms with Crippen LogP contribution >= 0.6 is 23.2 Å². The topological polar surface area (TPSA) is 67.9 Å². The number of alkyl carbamates (subject to hydrolysis) is 1. The number of carbonyl (C=O) groups is 2. The van der Waals surface area contributed by atoms with Gasteiger partial charge in [-0.05, 0) is 30.5 Å². The van der Waals surface area contributed by atoms with Crippen LogP contribution in [0, 0.1) is 11.7 Å². The van der Waals surface area contributed by atoms with Gasteiger partial charge in [0.2, 0.25) is 5.91 Å². The average molecular weight is 403 g/mol. The van der Waals surface area contributed by atoms with Gasteiger partial charge in [0.15, 0.2) is 5.82 Å². The number of benzene rings is 1. The number of ether oxygens (including phenoxy) is 2. The number of rotatable bonds is 4. The Balaban J connectivity index is 1.21. The van der Waals surface area contributed by atoms with E-state index >= 15 is 0 Å². The molecule has 2 heterocycles. The van der Waals surface area contributed by atoms with Crippen molar-refractivity contribution in [2.45, 2.75) is 31.1 Å². The molecule has 1 aromatic carbocycles. The van der Waals surface area contributed by atoms with Crippen LogP contribution in [0.4, 0.5) is 9.18 Å². The Bertz CT molecular complexity index is 740. The molecule has 0 atom stereocenters. The smallest absolute Gasteiger partial charge is 0.407 e. The van der Waals surface area contributed by atoms with Crippen molar-refractivity contribution in [1.82, 2.24) is 10.2 Å². The number of nitrogens with one attached hydrogen (secondary N) is 1. The van der Waals surface area contributed by atoms with E-state index in [2.05, 4.69) is 5.32 Å². The summed E-state index contributed by atoms with van der Waals surface area (Å²) in [6.07, 6.45) is 0.762. The molecule has 4 rings (SSSR count). The van der Waals surface area contributed by atoms with Gasteiger partial charge >= 0.3 is 6.09 Å². The van der Waals surface area contributed by atoms with E-state index in [0.29, 0.717) is 38.1 Å². The Morgan fingerprint density at radius 3 is 2.58 bits per heavy atom. The Kier molecular flexibility index (Phi) is 4.49. The maximum atomic E-state index is 13.4. The summed E-state index contributed by atoms with van der Waals surface area (Å²) in [5.74, 6) is -0.628. The van der Waals surface area contributed by atoms with E-state index in [9.17, 15) is 14.0 Å². The minimum atomic E-state index is -0.639. The summed E-state index contributed by atoms with van der Waals surface area (Å²) >= 11 is 11.5. The molecule has 26 heavy (non-hydrogen) atoms. The van der Waals surface area contributed by atoms with Crippen molar-refractivity contribution in [3.63, 3.8) is 0 Å². The van der Waals surface area contributed by atoms with E-state index < -0.39 is 11.9 Å². The summed E-state index contributed by atoms with van der Waals surface area (Å²) in [7, 11) is 0. The zero-order chi connectivity index (χ0) is 18.5. The molecule has 1 aromatic rings. The largest absolute Gasteiger partial charge is 0.447 e. The van der Waals surface area contributed by atoms with E-state index in [1.165, 1.54) is 12.1 Å². The lowest BCUT2D eigenvalue weighted by molar-refractivity contribution is -0.155. The van der Waals surface area contributed by atoms with Gasteiger partial charge in [-0.25, -0.2) is 9.18 Å². The van der Waals surface area contributed by atoms with Crippen LogP contribution in [-0.4, -0.2) is 48.2 Å². The number of likely N-dealkylation sites (tertiary alicyclic amines) is 1. The highest BCUT2D eigenvalue weighted by Crippen LogP contribution is 2.42. The first-order valence-electron chi connectivity index (χ1n) is 8.34. The second-order valence-electron chi connectivity index (χ2n) is 7.14. The molecule has 2 aliphatic heterocycles. The van der Waals surface area contributed by atoms with Gasteiger partial charge in [-0.1, -0.05) is 23.2 Å². The molecule has 1 N–H and O–H groups in total. The van der Waals surface area contributed by atoms with Gasteiger partial charge in [0.1, 0.15) is 6.61 Å². The quantitative estimate of drug-likeness (QED) is 0.786. The van der Waals surface area contributed by atoms with Crippen LogP contribution in [0.25, 0.3) is 0 Å². The van der Waals surface area contributed by atoms with Crippen LogP contribution in [0.3, 0.4) is 0 Å². The average Bonchev–Trinajstić information content (AvgIpc) is 2.91. The third-order valence-electron chi connectivity index (χ3n) is 5.16. The van der Waals surface area contributed by atoms with Gasteiger partial charge in [-0.15, -0.1) is 0 Å². The molecule has 1 aliphatic carbocycles. The van der Waals surface area contributed by atoms with E-state index in [4.69, 9.17) is 32.7 Å². The monoisotopic (exact) mass is 402 g/mol. The second kappa shape index (κ2) is 6.55. The van der Waals surface area contributed by atoms with Gasteiger partial charge in [0.05, 0.1) is 28.3 Å². The highest BCUT2D eigenvalue weighted by Gasteiger charge is 2.54. The van der Waals surface area contributed by atoms with E-state index in [1.807, 2.05) is 0 Å². The van der Waals surface area contributed by atoms with Crippen LogP contribution in [0.15, 0.2) is 12.1 Å². The summed E-state index contributed by atoms with van der Waals surface area (Å²) in [5.41, 5.74) is 0.336. The Morgan fingerprint density at radius 2 is 2.00 bits per heavy atom. The highest BCUT2D eigenvalue weighted by molar-refractivity contribution is 6.34. The minimum absolute atomic E-state index is 0.0385. The number of nitrogens with zero attached hydrogens (tertiary/aromatic N) is 1. The minimum Gasteiger partial charge on any atom is -0.447 e. The van der Waals surface area contributed by atoms with E-state index in [0.717, 1.165) is 0 Å². The fourth-order valence-electron chi connectivity index (χ4n) is 3.66. The lowest BCUT2D eigenvalue weighted by atomic mass is 9.68. The van der Waals surface area contributed by atoms with Crippen LogP contribution in [-0.2, 0) is 20.9 Å². The molecule has 6 nitrogen and oxygen atoms in total. The number of carbonyl (C=O) groups excluding carboxylic acids is 2.